The SMILES string of the molecule is CCc1cc(-c2n[nH]c(C)c2-c2ccccc2Cl)c(O)cc1O. The Morgan fingerprint density at radius 1 is 1.09 bits per heavy atom. The van der Waals surface area contributed by atoms with E-state index in [9.17, 15) is 10.2 Å². The molecule has 0 unspecified atom stereocenters. The molecule has 3 N–H and O–H groups in total. The van der Waals surface area contributed by atoms with Gasteiger partial charge in [-0.2, -0.15) is 5.10 Å². The molecule has 0 amide bonds. The van der Waals surface area contributed by atoms with E-state index in [4.69, 9.17) is 11.6 Å². The summed E-state index contributed by atoms with van der Waals surface area (Å²) < 4.78 is 0. The van der Waals surface area contributed by atoms with E-state index < -0.39 is 0 Å². The fourth-order valence-electron chi connectivity index (χ4n) is 2.71. The number of H-pyrrole nitrogens is 1. The molecule has 5 heteroatoms. The van der Waals surface area contributed by atoms with E-state index in [-0.39, 0.29) is 11.5 Å². The van der Waals surface area contributed by atoms with E-state index in [1.54, 1.807) is 6.07 Å². The normalized spacial score (nSPS) is 10.9. The van der Waals surface area contributed by atoms with Gasteiger partial charge in [-0.15, -0.1) is 0 Å². The standard InChI is InChI=1S/C18H17ClN2O2/c1-3-11-8-13(16(23)9-15(11)22)18-17(10(2)20-21-18)12-6-4-5-7-14(12)19/h4-9,22-23H,3H2,1-2H3,(H,20,21). The molecule has 0 spiro atoms. The molecule has 0 bridgehead atoms. The zero-order chi connectivity index (χ0) is 16.6. The molecule has 2 aromatic carbocycles. The van der Waals surface area contributed by atoms with Crippen molar-refractivity contribution in [2.75, 3.05) is 0 Å². The van der Waals surface area contributed by atoms with Crippen LogP contribution in [0.25, 0.3) is 22.4 Å². The number of phenolic OH excluding ortho intramolecular Hbond substituents is 2. The van der Waals surface area contributed by atoms with E-state index in [1.807, 2.05) is 38.1 Å². The summed E-state index contributed by atoms with van der Waals surface area (Å²) >= 11 is 6.33. The molecule has 0 fully saturated rings. The van der Waals surface area contributed by atoms with Gasteiger partial charge in [-0.1, -0.05) is 36.7 Å². The summed E-state index contributed by atoms with van der Waals surface area (Å²) in [6.07, 6.45) is 0.657. The zero-order valence-corrected chi connectivity index (χ0v) is 13.6. The van der Waals surface area contributed by atoms with Crippen LogP contribution in [0.5, 0.6) is 11.5 Å². The van der Waals surface area contributed by atoms with Crippen LogP contribution in [0, 0.1) is 6.92 Å². The second-order valence-corrected chi connectivity index (χ2v) is 5.81. The molecular weight excluding hydrogens is 312 g/mol. The van der Waals surface area contributed by atoms with Crippen molar-refractivity contribution in [3.8, 4) is 33.9 Å². The van der Waals surface area contributed by atoms with Gasteiger partial charge in [-0.05, 0) is 31.0 Å². The number of aromatic amines is 1. The highest BCUT2D eigenvalue weighted by Gasteiger charge is 2.20. The molecule has 0 saturated heterocycles. The molecule has 3 aromatic rings. The Kier molecular flexibility index (Phi) is 4.01. The molecule has 3 rings (SSSR count). The third-order valence-corrected chi connectivity index (χ3v) is 4.25. The van der Waals surface area contributed by atoms with Crippen molar-refractivity contribution in [1.82, 2.24) is 10.2 Å². The van der Waals surface area contributed by atoms with Gasteiger partial charge in [-0.25, -0.2) is 0 Å². The molecule has 0 saturated carbocycles. The first kappa shape index (κ1) is 15.4. The van der Waals surface area contributed by atoms with E-state index in [0.29, 0.717) is 22.7 Å². The van der Waals surface area contributed by atoms with Crippen molar-refractivity contribution in [3.05, 3.63) is 52.7 Å². The van der Waals surface area contributed by atoms with Crippen LogP contribution in [0.1, 0.15) is 18.2 Å². The largest absolute Gasteiger partial charge is 0.508 e. The van der Waals surface area contributed by atoms with Gasteiger partial charge >= 0.3 is 0 Å². The van der Waals surface area contributed by atoms with Gasteiger partial charge in [-0.3, -0.25) is 5.10 Å². The highest BCUT2D eigenvalue weighted by molar-refractivity contribution is 6.33. The monoisotopic (exact) mass is 328 g/mol. The Hall–Kier alpha value is -2.46. The number of rotatable bonds is 3. The number of nitrogens with one attached hydrogen (secondary N) is 1. The van der Waals surface area contributed by atoms with Crippen molar-refractivity contribution >= 4 is 11.6 Å². The van der Waals surface area contributed by atoms with Crippen molar-refractivity contribution in [2.45, 2.75) is 20.3 Å². The predicted octanol–water partition coefficient (Wildman–Crippen LogP) is 4.68. The lowest BCUT2D eigenvalue weighted by molar-refractivity contribution is 0.447. The summed E-state index contributed by atoms with van der Waals surface area (Å²) in [6, 6.07) is 10.6. The minimum Gasteiger partial charge on any atom is -0.508 e. The third kappa shape index (κ3) is 2.66. The summed E-state index contributed by atoms with van der Waals surface area (Å²) in [5.41, 5.74) is 4.49. The molecule has 1 aromatic heterocycles. The number of phenols is 2. The van der Waals surface area contributed by atoms with Crippen LogP contribution in [-0.4, -0.2) is 20.4 Å². The fourth-order valence-corrected chi connectivity index (χ4v) is 2.94. The maximum atomic E-state index is 10.3. The highest BCUT2D eigenvalue weighted by Crippen LogP contribution is 2.41. The first-order chi connectivity index (χ1) is 11.0. The Morgan fingerprint density at radius 3 is 2.52 bits per heavy atom. The minimum absolute atomic E-state index is 0.0143. The second kappa shape index (κ2) is 5.97. The molecular formula is C18H17ClN2O2. The number of nitrogens with zero attached hydrogens (tertiary/aromatic N) is 1. The van der Waals surface area contributed by atoms with Crippen LogP contribution < -0.4 is 0 Å². The van der Waals surface area contributed by atoms with Crippen LogP contribution in [0.3, 0.4) is 0 Å². The van der Waals surface area contributed by atoms with Crippen LogP contribution in [0.4, 0.5) is 0 Å². The van der Waals surface area contributed by atoms with Crippen LogP contribution >= 0.6 is 11.6 Å². The molecule has 0 aliphatic rings. The van der Waals surface area contributed by atoms with Crippen molar-refractivity contribution in [1.29, 1.82) is 0 Å². The first-order valence-corrected chi connectivity index (χ1v) is 7.75. The number of aryl methyl sites for hydroxylation is 2. The zero-order valence-electron chi connectivity index (χ0n) is 12.9. The van der Waals surface area contributed by atoms with Gasteiger partial charge in [0.2, 0.25) is 0 Å². The average Bonchev–Trinajstić information content (AvgIpc) is 2.89. The van der Waals surface area contributed by atoms with E-state index in [1.165, 1.54) is 6.07 Å². The van der Waals surface area contributed by atoms with Gasteiger partial charge in [0.15, 0.2) is 0 Å². The van der Waals surface area contributed by atoms with Crippen molar-refractivity contribution < 1.29 is 10.2 Å². The number of hydrogen-bond donors (Lipinski definition) is 3. The molecule has 4 nitrogen and oxygen atoms in total. The average molecular weight is 329 g/mol. The maximum Gasteiger partial charge on any atom is 0.128 e. The Labute approximate surface area is 139 Å². The van der Waals surface area contributed by atoms with E-state index in [0.717, 1.165) is 22.4 Å². The first-order valence-electron chi connectivity index (χ1n) is 7.38. The molecule has 0 aliphatic heterocycles. The fraction of sp³-hybridized carbons (Fsp3) is 0.167. The van der Waals surface area contributed by atoms with Crippen LogP contribution in [-0.2, 0) is 6.42 Å². The van der Waals surface area contributed by atoms with Gasteiger partial charge in [0.1, 0.15) is 17.2 Å². The summed E-state index contributed by atoms with van der Waals surface area (Å²) in [4.78, 5) is 0. The topological polar surface area (TPSA) is 69.1 Å². The van der Waals surface area contributed by atoms with Gasteiger partial charge < -0.3 is 10.2 Å². The quantitative estimate of drug-likeness (QED) is 0.654. The van der Waals surface area contributed by atoms with E-state index >= 15 is 0 Å². The number of aromatic nitrogens is 2. The lowest BCUT2D eigenvalue weighted by Gasteiger charge is -2.10. The van der Waals surface area contributed by atoms with Crippen LogP contribution in [0.15, 0.2) is 36.4 Å². The Balaban J connectivity index is 2.26. The molecule has 1 heterocycles. The van der Waals surface area contributed by atoms with Crippen molar-refractivity contribution in [3.63, 3.8) is 0 Å². The molecule has 0 aliphatic carbocycles. The summed E-state index contributed by atoms with van der Waals surface area (Å²) in [5.74, 6) is 0.0693. The number of hydrogen-bond acceptors (Lipinski definition) is 3. The molecule has 0 radical (unpaired) electrons. The van der Waals surface area contributed by atoms with Crippen molar-refractivity contribution in [2.24, 2.45) is 0 Å². The third-order valence-electron chi connectivity index (χ3n) is 3.92. The molecule has 118 valence electrons. The smallest absolute Gasteiger partial charge is 0.128 e. The van der Waals surface area contributed by atoms with E-state index in [2.05, 4.69) is 10.2 Å². The van der Waals surface area contributed by atoms with Gasteiger partial charge in [0, 0.05) is 33.5 Å². The number of halogens is 1. The summed E-state index contributed by atoms with van der Waals surface area (Å²) in [7, 11) is 0. The Bertz CT molecular complexity index is 871. The predicted molar refractivity (Wildman–Crippen MR) is 91.9 cm³/mol. The lowest BCUT2D eigenvalue weighted by Crippen LogP contribution is -1.89. The summed E-state index contributed by atoms with van der Waals surface area (Å²) in [5, 5.41) is 28.1. The molecule has 0 atom stereocenters. The van der Waals surface area contributed by atoms with Gasteiger partial charge in [0.25, 0.3) is 0 Å². The van der Waals surface area contributed by atoms with Crippen LogP contribution in [0.2, 0.25) is 5.02 Å². The lowest BCUT2D eigenvalue weighted by atomic mass is 9.96. The minimum atomic E-state index is -0.0143. The highest BCUT2D eigenvalue weighted by atomic mass is 35.5. The molecule has 23 heavy (non-hydrogen) atoms. The summed E-state index contributed by atoms with van der Waals surface area (Å²) in [6.45, 7) is 3.86. The number of benzene rings is 2. The maximum absolute atomic E-state index is 10.3. The van der Waals surface area contributed by atoms with Gasteiger partial charge in [0.05, 0.1) is 0 Å². The number of aromatic hydroxyl groups is 2. The second-order valence-electron chi connectivity index (χ2n) is 5.40. The Morgan fingerprint density at radius 2 is 1.83 bits per heavy atom.